The van der Waals surface area contributed by atoms with Gasteiger partial charge in [-0.15, -0.1) is 0 Å². The smallest absolute Gasteiger partial charge is 0.152 e. The molecular weight excluding hydrogens is 298 g/mol. The van der Waals surface area contributed by atoms with Crippen LogP contribution in [-0.2, 0) is 0 Å². The fourth-order valence-corrected chi connectivity index (χ4v) is 2.79. The van der Waals surface area contributed by atoms with E-state index in [1.165, 1.54) is 0 Å². The molecule has 0 aliphatic carbocycles. The Morgan fingerprint density at radius 3 is 1.50 bits per heavy atom. The summed E-state index contributed by atoms with van der Waals surface area (Å²) in [5, 5.41) is 0. The van der Waals surface area contributed by atoms with Crippen molar-refractivity contribution in [3.8, 4) is 0 Å². The molecule has 0 saturated carbocycles. The van der Waals surface area contributed by atoms with Crippen LogP contribution in [-0.4, -0.2) is 12.6 Å². The van der Waals surface area contributed by atoms with Crippen molar-refractivity contribution in [1.29, 1.82) is 0 Å². The molecule has 3 aromatic carbocycles. The van der Waals surface area contributed by atoms with Crippen LogP contribution in [0, 0.1) is 6.92 Å². The van der Waals surface area contributed by atoms with E-state index in [0.29, 0.717) is 11.1 Å². The topological polar surface area (TPSA) is 37.4 Å². The van der Waals surface area contributed by atoms with Gasteiger partial charge in [0.2, 0.25) is 0 Å². The van der Waals surface area contributed by atoms with Crippen LogP contribution >= 0.6 is 0 Å². The first-order valence-electron chi connectivity index (χ1n) is 7.70. The Balaban J connectivity index is 2.32. The minimum Gasteiger partial charge on any atom is -0.309 e. The molecule has 0 radical (unpaired) electrons. The molecule has 0 bridgehead atoms. The van der Waals surface area contributed by atoms with Crippen molar-refractivity contribution in [2.45, 2.75) is 6.92 Å². The van der Waals surface area contributed by atoms with Crippen molar-refractivity contribution >= 4 is 29.6 Å². The Labute approximate surface area is 141 Å². The van der Waals surface area contributed by atoms with Gasteiger partial charge in [-0.1, -0.05) is 42.5 Å². The molecule has 3 rings (SSSR count). The van der Waals surface area contributed by atoms with Crippen molar-refractivity contribution in [1.82, 2.24) is 0 Å². The van der Waals surface area contributed by atoms with E-state index in [1.807, 2.05) is 72.5 Å². The van der Waals surface area contributed by atoms with Gasteiger partial charge >= 0.3 is 0 Å². The van der Waals surface area contributed by atoms with Crippen LogP contribution in [0.1, 0.15) is 26.3 Å². The highest BCUT2D eigenvalue weighted by Gasteiger charge is 2.19. The lowest BCUT2D eigenvalue weighted by Crippen LogP contribution is -2.15. The van der Waals surface area contributed by atoms with Crippen molar-refractivity contribution in [2.75, 3.05) is 4.90 Å². The summed E-state index contributed by atoms with van der Waals surface area (Å²) >= 11 is 0. The molecule has 0 saturated heterocycles. The van der Waals surface area contributed by atoms with E-state index in [-0.39, 0.29) is 0 Å². The molecule has 0 aromatic heterocycles. The van der Waals surface area contributed by atoms with Gasteiger partial charge in [0, 0.05) is 16.8 Å². The number of aldehydes is 2. The van der Waals surface area contributed by atoms with Crippen LogP contribution in [0.15, 0.2) is 72.8 Å². The van der Waals surface area contributed by atoms with E-state index in [2.05, 4.69) is 0 Å². The standard InChI is InChI=1S/C21H17NO2/c1-16-8-2-5-11-19(16)22(20-12-6-3-9-17(20)14-23)21-13-7-4-10-18(21)15-24/h2-15H,1H3. The van der Waals surface area contributed by atoms with E-state index < -0.39 is 0 Å². The van der Waals surface area contributed by atoms with Crippen LogP contribution in [0.4, 0.5) is 17.1 Å². The van der Waals surface area contributed by atoms with E-state index in [4.69, 9.17) is 0 Å². The molecule has 3 nitrogen and oxygen atoms in total. The first-order chi connectivity index (χ1) is 11.8. The molecule has 118 valence electrons. The van der Waals surface area contributed by atoms with E-state index in [1.54, 1.807) is 12.1 Å². The minimum atomic E-state index is 0.571. The SMILES string of the molecule is Cc1ccccc1N(c1ccccc1C=O)c1ccccc1C=O. The summed E-state index contributed by atoms with van der Waals surface area (Å²) < 4.78 is 0. The third-order valence-corrected chi connectivity index (χ3v) is 3.97. The number of benzene rings is 3. The summed E-state index contributed by atoms with van der Waals surface area (Å²) in [4.78, 5) is 25.0. The monoisotopic (exact) mass is 315 g/mol. The average molecular weight is 315 g/mol. The number of para-hydroxylation sites is 3. The number of hydrogen-bond donors (Lipinski definition) is 0. The Morgan fingerprint density at radius 1 is 0.625 bits per heavy atom. The summed E-state index contributed by atoms with van der Waals surface area (Å²) in [6, 6.07) is 22.7. The molecule has 0 atom stereocenters. The van der Waals surface area contributed by atoms with Crippen molar-refractivity contribution < 1.29 is 9.59 Å². The van der Waals surface area contributed by atoms with Gasteiger partial charge in [0.15, 0.2) is 12.6 Å². The van der Waals surface area contributed by atoms with Crippen LogP contribution in [0.2, 0.25) is 0 Å². The van der Waals surface area contributed by atoms with Gasteiger partial charge in [-0.05, 0) is 42.8 Å². The quantitative estimate of drug-likeness (QED) is 0.615. The summed E-state index contributed by atoms with van der Waals surface area (Å²) in [7, 11) is 0. The molecule has 0 heterocycles. The second-order valence-corrected chi connectivity index (χ2v) is 5.48. The lowest BCUT2D eigenvalue weighted by atomic mass is 10.1. The molecule has 0 spiro atoms. The highest BCUT2D eigenvalue weighted by Crippen LogP contribution is 2.38. The normalized spacial score (nSPS) is 10.2. The molecule has 0 unspecified atom stereocenters. The van der Waals surface area contributed by atoms with Crippen LogP contribution < -0.4 is 4.90 Å². The summed E-state index contributed by atoms with van der Waals surface area (Å²) in [5.74, 6) is 0. The summed E-state index contributed by atoms with van der Waals surface area (Å²) in [5.41, 5.74) is 4.62. The van der Waals surface area contributed by atoms with E-state index in [9.17, 15) is 9.59 Å². The molecule has 3 heteroatoms. The zero-order valence-corrected chi connectivity index (χ0v) is 13.3. The first-order valence-corrected chi connectivity index (χ1v) is 7.70. The zero-order chi connectivity index (χ0) is 16.9. The number of carbonyl (C=O) groups is 2. The van der Waals surface area contributed by atoms with E-state index >= 15 is 0 Å². The van der Waals surface area contributed by atoms with E-state index in [0.717, 1.165) is 35.2 Å². The maximum atomic E-state index is 11.5. The van der Waals surface area contributed by atoms with Gasteiger partial charge in [0.05, 0.1) is 11.4 Å². The van der Waals surface area contributed by atoms with Crippen molar-refractivity contribution in [3.63, 3.8) is 0 Å². The molecule has 24 heavy (non-hydrogen) atoms. The molecule has 0 aliphatic heterocycles. The number of anilines is 3. The maximum absolute atomic E-state index is 11.5. The average Bonchev–Trinajstić information content (AvgIpc) is 2.64. The number of hydrogen-bond acceptors (Lipinski definition) is 3. The molecule has 3 aromatic rings. The molecular formula is C21H17NO2. The van der Waals surface area contributed by atoms with Gasteiger partial charge in [-0.3, -0.25) is 9.59 Å². The van der Waals surface area contributed by atoms with Gasteiger partial charge in [-0.25, -0.2) is 0 Å². The minimum absolute atomic E-state index is 0.571. The number of rotatable bonds is 5. The summed E-state index contributed by atoms with van der Waals surface area (Å²) in [6.07, 6.45) is 1.67. The lowest BCUT2D eigenvalue weighted by molar-refractivity contribution is 0.111. The van der Waals surface area contributed by atoms with Gasteiger partial charge < -0.3 is 4.90 Å². The third-order valence-electron chi connectivity index (χ3n) is 3.97. The summed E-state index contributed by atoms with van der Waals surface area (Å²) in [6.45, 7) is 2.01. The predicted octanol–water partition coefficient (Wildman–Crippen LogP) is 5.09. The molecule has 0 N–H and O–H groups in total. The maximum Gasteiger partial charge on any atom is 0.152 e. The Hall–Kier alpha value is -3.20. The van der Waals surface area contributed by atoms with Crippen LogP contribution in [0.3, 0.4) is 0 Å². The second-order valence-electron chi connectivity index (χ2n) is 5.48. The lowest BCUT2D eigenvalue weighted by Gasteiger charge is -2.29. The van der Waals surface area contributed by atoms with Gasteiger partial charge in [0.1, 0.15) is 0 Å². The van der Waals surface area contributed by atoms with Gasteiger partial charge in [-0.2, -0.15) is 0 Å². The zero-order valence-electron chi connectivity index (χ0n) is 13.3. The fourth-order valence-electron chi connectivity index (χ4n) is 2.79. The van der Waals surface area contributed by atoms with Crippen molar-refractivity contribution in [2.24, 2.45) is 0 Å². The molecule has 0 fully saturated rings. The van der Waals surface area contributed by atoms with Crippen molar-refractivity contribution in [3.05, 3.63) is 89.5 Å². The number of aryl methyl sites for hydroxylation is 1. The fraction of sp³-hybridized carbons (Fsp3) is 0.0476. The largest absolute Gasteiger partial charge is 0.309 e. The Morgan fingerprint density at radius 2 is 1.04 bits per heavy atom. The Kier molecular flexibility index (Phi) is 4.52. The van der Waals surface area contributed by atoms with Gasteiger partial charge in [0.25, 0.3) is 0 Å². The second kappa shape index (κ2) is 6.92. The first kappa shape index (κ1) is 15.7. The Bertz CT molecular complexity index is 835. The number of nitrogens with zero attached hydrogens (tertiary/aromatic N) is 1. The molecule has 0 amide bonds. The highest BCUT2D eigenvalue weighted by atomic mass is 16.1. The number of carbonyl (C=O) groups excluding carboxylic acids is 2. The molecule has 0 aliphatic rings. The van der Waals surface area contributed by atoms with Crippen LogP contribution in [0.25, 0.3) is 0 Å². The third kappa shape index (κ3) is 2.84. The highest BCUT2D eigenvalue weighted by molar-refractivity contribution is 5.95. The van der Waals surface area contributed by atoms with Crippen LogP contribution in [0.5, 0.6) is 0 Å². The predicted molar refractivity (Wildman–Crippen MR) is 96.6 cm³/mol.